The summed E-state index contributed by atoms with van der Waals surface area (Å²) >= 11 is 0. The number of benzene rings is 1. The van der Waals surface area contributed by atoms with E-state index >= 15 is 0 Å². The van der Waals surface area contributed by atoms with Crippen LogP contribution in [0.1, 0.15) is 31.2 Å². The molecule has 0 aliphatic rings. The van der Waals surface area contributed by atoms with Crippen LogP contribution >= 0.6 is 0 Å². The van der Waals surface area contributed by atoms with Crippen molar-refractivity contribution in [2.75, 3.05) is 21.2 Å². The molecule has 2 atom stereocenters. The van der Waals surface area contributed by atoms with E-state index in [1.54, 1.807) is 0 Å². The molecule has 0 fully saturated rings. The van der Waals surface area contributed by atoms with Crippen molar-refractivity contribution >= 4 is 5.97 Å². The van der Waals surface area contributed by atoms with Crippen molar-refractivity contribution < 1.29 is 9.53 Å². The van der Waals surface area contributed by atoms with Gasteiger partial charge in [0.15, 0.2) is 0 Å². The summed E-state index contributed by atoms with van der Waals surface area (Å²) in [7, 11) is 5.48. The van der Waals surface area contributed by atoms with Crippen LogP contribution in [0.3, 0.4) is 0 Å². The zero-order valence-corrected chi connectivity index (χ0v) is 11.7. The van der Waals surface area contributed by atoms with Crippen LogP contribution < -0.4 is 0 Å². The summed E-state index contributed by atoms with van der Waals surface area (Å²) in [6.45, 7) is 2.13. The first-order valence-corrected chi connectivity index (χ1v) is 6.41. The number of methoxy groups -OCH3 is 1. The molecule has 1 aromatic carbocycles. The van der Waals surface area contributed by atoms with Crippen LogP contribution in [0.15, 0.2) is 30.3 Å². The van der Waals surface area contributed by atoms with Crippen LogP contribution in [0.5, 0.6) is 0 Å². The number of rotatable bonds is 6. The minimum atomic E-state index is -0.217. The number of ether oxygens (including phenoxy) is 1. The van der Waals surface area contributed by atoms with Gasteiger partial charge in [-0.3, -0.25) is 4.79 Å². The molecule has 0 saturated heterocycles. The number of carbonyl (C=O) groups excluding carboxylic acids is 1. The third kappa shape index (κ3) is 3.57. The molecule has 0 N–H and O–H groups in total. The Bertz CT molecular complexity index is 362. The smallest absolute Gasteiger partial charge is 0.314 e. The summed E-state index contributed by atoms with van der Waals surface area (Å²) < 4.78 is 4.98. The average Bonchev–Trinajstić information content (AvgIpc) is 2.39. The first kappa shape index (κ1) is 14.7. The van der Waals surface area contributed by atoms with Gasteiger partial charge in [-0.05, 0) is 26.1 Å². The van der Waals surface area contributed by atoms with E-state index in [1.807, 2.05) is 44.4 Å². The van der Waals surface area contributed by atoms with Crippen molar-refractivity contribution in [2.45, 2.75) is 31.7 Å². The van der Waals surface area contributed by atoms with Crippen LogP contribution in [0.25, 0.3) is 0 Å². The van der Waals surface area contributed by atoms with Gasteiger partial charge >= 0.3 is 5.97 Å². The molecule has 0 radical (unpaired) electrons. The number of esters is 1. The van der Waals surface area contributed by atoms with Gasteiger partial charge in [-0.15, -0.1) is 0 Å². The predicted molar refractivity (Wildman–Crippen MR) is 73.6 cm³/mol. The molecule has 1 rings (SSSR count). The van der Waals surface area contributed by atoms with E-state index in [0.29, 0.717) is 0 Å². The number of nitrogens with zero attached hydrogens (tertiary/aromatic N) is 1. The van der Waals surface area contributed by atoms with Crippen LogP contribution in [0, 0.1) is 0 Å². The Morgan fingerprint density at radius 1 is 1.28 bits per heavy atom. The fourth-order valence-corrected chi connectivity index (χ4v) is 2.32. The van der Waals surface area contributed by atoms with Gasteiger partial charge in [0.1, 0.15) is 0 Å². The summed E-state index contributed by atoms with van der Waals surface area (Å²) in [4.78, 5) is 14.2. The minimum Gasteiger partial charge on any atom is -0.469 e. The lowest BCUT2D eigenvalue weighted by molar-refractivity contribution is -0.144. The second-order valence-corrected chi connectivity index (χ2v) is 4.73. The molecule has 0 aromatic heterocycles. The molecular formula is C15H23NO2. The molecule has 3 heteroatoms. The molecule has 0 spiro atoms. The second kappa shape index (κ2) is 7.17. The maximum Gasteiger partial charge on any atom is 0.314 e. The third-order valence-electron chi connectivity index (χ3n) is 3.25. The minimum absolute atomic E-state index is 0.159. The first-order chi connectivity index (χ1) is 8.61. The molecule has 0 amide bonds. The molecule has 0 saturated carbocycles. The van der Waals surface area contributed by atoms with Crippen LogP contribution in [-0.2, 0) is 9.53 Å². The maximum absolute atomic E-state index is 12.1. The normalized spacial score (nSPS) is 14.3. The van der Waals surface area contributed by atoms with E-state index in [-0.39, 0.29) is 17.9 Å². The van der Waals surface area contributed by atoms with E-state index < -0.39 is 0 Å². The fraction of sp³-hybridized carbons (Fsp3) is 0.533. The lowest BCUT2D eigenvalue weighted by atomic mass is 9.88. The van der Waals surface area contributed by atoms with Crippen molar-refractivity contribution in [2.24, 2.45) is 0 Å². The Hall–Kier alpha value is -1.35. The summed E-state index contributed by atoms with van der Waals surface area (Å²) in [6.07, 6.45) is 2.02. The van der Waals surface area contributed by atoms with Crippen molar-refractivity contribution in [1.29, 1.82) is 0 Å². The molecule has 1 aromatic rings. The lowest BCUT2D eigenvalue weighted by Gasteiger charge is -2.30. The molecule has 3 nitrogen and oxygen atoms in total. The van der Waals surface area contributed by atoms with Gasteiger partial charge in [-0.2, -0.15) is 0 Å². The van der Waals surface area contributed by atoms with E-state index in [1.165, 1.54) is 7.11 Å². The zero-order valence-electron chi connectivity index (χ0n) is 11.7. The summed E-state index contributed by atoms with van der Waals surface area (Å²) in [6, 6.07) is 10.0. The first-order valence-electron chi connectivity index (χ1n) is 6.41. The highest BCUT2D eigenvalue weighted by molar-refractivity contribution is 5.79. The number of likely N-dealkylation sites (N-methyl/N-ethyl adjacent to an activating group) is 1. The standard InChI is InChI=1S/C15H23NO2/c1-5-9-13(16(2)3)14(15(17)18-4)12-10-7-6-8-11-12/h6-8,10-11,13-14H,5,9H2,1-4H3. The SMILES string of the molecule is CCCC(C(C(=O)OC)c1ccccc1)N(C)C. The van der Waals surface area contributed by atoms with Crippen molar-refractivity contribution in [1.82, 2.24) is 4.90 Å². The highest BCUT2D eigenvalue weighted by Gasteiger charge is 2.31. The molecule has 0 aliphatic heterocycles. The predicted octanol–water partition coefficient (Wildman–Crippen LogP) is 2.67. The number of hydrogen-bond donors (Lipinski definition) is 0. The number of carbonyl (C=O) groups is 1. The second-order valence-electron chi connectivity index (χ2n) is 4.73. The van der Waals surface area contributed by atoms with Gasteiger partial charge in [0.25, 0.3) is 0 Å². The molecule has 0 bridgehead atoms. The van der Waals surface area contributed by atoms with Crippen LogP contribution in [-0.4, -0.2) is 38.1 Å². The topological polar surface area (TPSA) is 29.5 Å². The highest BCUT2D eigenvalue weighted by Crippen LogP contribution is 2.26. The van der Waals surface area contributed by atoms with E-state index in [0.717, 1.165) is 18.4 Å². The van der Waals surface area contributed by atoms with Crippen LogP contribution in [0.4, 0.5) is 0 Å². The van der Waals surface area contributed by atoms with Crippen molar-refractivity contribution in [3.63, 3.8) is 0 Å². The van der Waals surface area contributed by atoms with Gasteiger partial charge in [0.05, 0.1) is 13.0 Å². The monoisotopic (exact) mass is 249 g/mol. The molecular weight excluding hydrogens is 226 g/mol. The average molecular weight is 249 g/mol. The van der Waals surface area contributed by atoms with E-state index in [4.69, 9.17) is 4.74 Å². The van der Waals surface area contributed by atoms with E-state index in [9.17, 15) is 4.79 Å². The maximum atomic E-state index is 12.1. The third-order valence-corrected chi connectivity index (χ3v) is 3.25. The molecule has 0 aliphatic carbocycles. The quantitative estimate of drug-likeness (QED) is 0.726. The Morgan fingerprint density at radius 3 is 2.33 bits per heavy atom. The van der Waals surface area contributed by atoms with Gasteiger partial charge in [-0.1, -0.05) is 43.7 Å². The van der Waals surface area contributed by atoms with Gasteiger partial charge in [0, 0.05) is 6.04 Å². The Labute approximate surface area is 110 Å². The summed E-state index contributed by atoms with van der Waals surface area (Å²) in [5.41, 5.74) is 1.02. The largest absolute Gasteiger partial charge is 0.469 e. The fourth-order valence-electron chi connectivity index (χ4n) is 2.32. The lowest BCUT2D eigenvalue weighted by Crippen LogP contribution is -2.38. The number of hydrogen-bond acceptors (Lipinski definition) is 3. The van der Waals surface area contributed by atoms with Gasteiger partial charge < -0.3 is 9.64 Å². The molecule has 2 unspecified atom stereocenters. The summed E-state index contributed by atoms with van der Waals surface area (Å²) in [5.74, 6) is -0.375. The van der Waals surface area contributed by atoms with Crippen molar-refractivity contribution in [3.8, 4) is 0 Å². The van der Waals surface area contributed by atoms with Crippen LogP contribution in [0.2, 0.25) is 0 Å². The van der Waals surface area contributed by atoms with Crippen molar-refractivity contribution in [3.05, 3.63) is 35.9 Å². The zero-order chi connectivity index (χ0) is 13.5. The Balaban J connectivity index is 3.07. The molecule has 0 heterocycles. The Morgan fingerprint density at radius 2 is 1.89 bits per heavy atom. The summed E-state index contributed by atoms with van der Waals surface area (Å²) in [5, 5.41) is 0. The molecule has 100 valence electrons. The van der Waals surface area contributed by atoms with Gasteiger partial charge in [-0.25, -0.2) is 0 Å². The highest BCUT2D eigenvalue weighted by atomic mass is 16.5. The molecule has 18 heavy (non-hydrogen) atoms. The Kier molecular flexibility index (Phi) is 5.86. The van der Waals surface area contributed by atoms with Gasteiger partial charge in [0.2, 0.25) is 0 Å². The van der Waals surface area contributed by atoms with E-state index in [2.05, 4.69) is 11.8 Å².